The van der Waals surface area contributed by atoms with Crippen LogP contribution in [-0.4, -0.2) is 16.9 Å². The summed E-state index contributed by atoms with van der Waals surface area (Å²) in [6, 6.07) is 2.47. The average Bonchev–Trinajstić information content (AvgIpc) is 2.25. The number of carbonyl (C=O) groups is 2. The number of hydrogen-bond acceptors (Lipinski definition) is 4. The van der Waals surface area contributed by atoms with Gasteiger partial charge in [0.05, 0.1) is 4.92 Å². The Morgan fingerprint density at radius 1 is 1.35 bits per heavy atom. The maximum Gasteiger partial charge on any atom is 0.330 e. The number of hydrogen-bond donors (Lipinski definition) is 3. The average molecular weight is 259 g/mol. The molecule has 0 atom stereocenters. The zero-order valence-electron chi connectivity index (χ0n) is 8.27. The lowest BCUT2D eigenvalue weighted by atomic mass is 10.2. The Morgan fingerprint density at radius 3 is 2.53 bits per heavy atom. The van der Waals surface area contributed by atoms with Crippen LogP contribution in [-0.2, 0) is 0 Å². The van der Waals surface area contributed by atoms with Crippen molar-refractivity contribution in [3.8, 4) is 0 Å². The second-order valence-electron chi connectivity index (χ2n) is 2.86. The molecule has 1 aromatic carbocycles. The van der Waals surface area contributed by atoms with Crippen molar-refractivity contribution in [1.82, 2.24) is 10.9 Å². The van der Waals surface area contributed by atoms with Gasteiger partial charge in [0.15, 0.2) is 0 Å². The van der Waals surface area contributed by atoms with E-state index in [-0.39, 0.29) is 10.6 Å². The Kier molecular flexibility index (Phi) is 3.83. The van der Waals surface area contributed by atoms with E-state index < -0.39 is 22.5 Å². The molecule has 0 aliphatic rings. The van der Waals surface area contributed by atoms with E-state index >= 15 is 0 Å². The zero-order chi connectivity index (χ0) is 13.0. The number of benzene rings is 1. The molecule has 8 nitrogen and oxygen atoms in total. The number of nitro benzene ring substituents is 1. The highest BCUT2D eigenvalue weighted by Gasteiger charge is 2.20. The van der Waals surface area contributed by atoms with Crippen molar-refractivity contribution in [1.29, 1.82) is 0 Å². The third kappa shape index (κ3) is 3.31. The van der Waals surface area contributed by atoms with E-state index in [1.807, 2.05) is 5.43 Å². The molecule has 17 heavy (non-hydrogen) atoms. The SMILES string of the molecule is NC(=O)NNC(=O)c1cc(Cl)ccc1[N+](=O)[O-]. The molecule has 0 fully saturated rings. The van der Waals surface area contributed by atoms with Crippen molar-refractivity contribution in [3.63, 3.8) is 0 Å². The molecule has 0 saturated carbocycles. The van der Waals surface area contributed by atoms with E-state index in [0.29, 0.717) is 0 Å². The third-order valence-corrected chi connectivity index (χ3v) is 1.93. The molecule has 1 aromatic rings. The van der Waals surface area contributed by atoms with Crippen LogP contribution in [0.2, 0.25) is 5.02 Å². The number of nitrogens with two attached hydrogens (primary N) is 1. The Hall–Kier alpha value is -2.35. The summed E-state index contributed by atoms with van der Waals surface area (Å²) in [5.41, 5.74) is 7.71. The molecule has 0 aliphatic carbocycles. The smallest absolute Gasteiger partial charge is 0.330 e. The number of carbonyl (C=O) groups excluding carboxylic acids is 2. The number of rotatable bonds is 2. The van der Waals surface area contributed by atoms with Gasteiger partial charge in [0, 0.05) is 11.1 Å². The van der Waals surface area contributed by atoms with Crippen molar-refractivity contribution < 1.29 is 14.5 Å². The van der Waals surface area contributed by atoms with Crippen LogP contribution >= 0.6 is 11.6 Å². The van der Waals surface area contributed by atoms with Crippen LogP contribution < -0.4 is 16.6 Å². The molecule has 0 heterocycles. The highest BCUT2D eigenvalue weighted by molar-refractivity contribution is 6.31. The first-order valence-corrected chi connectivity index (χ1v) is 4.59. The number of urea groups is 1. The van der Waals surface area contributed by atoms with E-state index in [4.69, 9.17) is 17.3 Å². The molecule has 4 N–H and O–H groups in total. The van der Waals surface area contributed by atoms with Gasteiger partial charge in [-0.3, -0.25) is 20.3 Å². The van der Waals surface area contributed by atoms with Crippen LogP contribution in [0.15, 0.2) is 18.2 Å². The second-order valence-corrected chi connectivity index (χ2v) is 3.30. The van der Waals surface area contributed by atoms with Crippen LogP contribution in [0.25, 0.3) is 0 Å². The van der Waals surface area contributed by atoms with Crippen LogP contribution in [0.3, 0.4) is 0 Å². The van der Waals surface area contributed by atoms with E-state index in [1.54, 1.807) is 5.43 Å². The molecule has 0 radical (unpaired) electrons. The summed E-state index contributed by atoms with van der Waals surface area (Å²) in [5.74, 6) is -0.891. The molecule has 0 spiro atoms. The van der Waals surface area contributed by atoms with Gasteiger partial charge in [-0.05, 0) is 12.1 Å². The van der Waals surface area contributed by atoms with Gasteiger partial charge in [-0.15, -0.1) is 0 Å². The summed E-state index contributed by atoms with van der Waals surface area (Å²) in [6.45, 7) is 0. The lowest BCUT2D eigenvalue weighted by Crippen LogP contribution is -2.44. The van der Waals surface area contributed by atoms with Gasteiger partial charge in [0.2, 0.25) is 0 Å². The van der Waals surface area contributed by atoms with Crippen LogP contribution in [0.5, 0.6) is 0 Å². The van der Waals surface area contributed by atoms with Crippen molar-refractivity contribution in [2.45, 2.75) is 0 Å². The number of primary amides is 1. The molecule has 1 rings (SSSR count). The van der Waals surface area contributed by atoms with E-state index in [1.165, 1.54) is 6.07 Å². The molecule has 0 unspecified atom stereocenters. The van der Waals surface area contributed by atoms with Crippen LogP contribution in [0.1, 0.15) is 10.4 Å². The first-order valence-electron chi connectivity index (χ1n) is 4.21. The van der Waals surface area contributed by atoms with Gasteiger partial charge in [-0.2, -0.15) is 0 Å². The highest BCUT2D eigenvalue weighted by Crippen LogP contribution is 2.22. The largest absolute Gasteiger partial charge is 0.350 e. The summed E-state index contributed by atoms with van der Waals surface area (Å²) < 4.78 is 0. The standard InChI is InChI=1S/C8H7ClN4O4/c9-4-1-2-6(13(16)17)5(3-4)7(14)11-12-8(10)15/h1-3H,(H,11,14)(H3,10,12,15). The van der Waals surface area contributed by atoms with E-state index in [9.17, 15) is 19.7 Å². The molecule has 0 saturated heterocycles. The van der Waals surface area contributed by atoms with Gasteiger partial charge in [0.1, 0.15) is 5.56 Å². The number of halogens is 1. The predicted molar refractivity (Wildman–Crippen MR) is 58.3 cm³/mol. The molecule has 90 valence electrons. The minimum Gasteiger partial charge on any atom is -0.350 e. The van der Waals surface area contributed by atoms with E-state index in [2.05, 4.69) is 0 Å². The van der Waals surface area contributed by atoms with Gasteiger partial charge in [-0.25, -0.2) is 10.2 Å². The first kappa shape index (κ1) is 12.7. The number of hydrazine groups is 1. The summed E-state index contributed by atoms with van der Waals surface area (Å²) >= 11 is 5.61. The van der Waals surface area contributed by atoms with Crippen LogP contribution in [0, 0.1) is 10.1 Å². The number of nitrogens with zero attached hydrogens (tertiary/aromatic N) is 1. The monoisotopic (exact) mass is 258 g/mol. The Balaban J connectivity index is 3.02. The van der Waals surface area contributed by atoms with Gasteiger partial charge < -0.3 is 5.73 Å². The molecule has 0 aliphatic heterocycles. The van der Waals surface area contributed by atoms with Crippen molar-refractivity contribution in [2.24, 2.45) is 5.73 Å². The quantitative estimate of drug-likeness (QED) is 0.529. The third-order valence-electron chi connectivity index (χ3n) is 1.70. The van der Waals surface area contributed by atoms with Crippen molar-refractivity contribution in [3.05, 3.63) is 38.9 Å². The maximum atomic E-state index is 11.5. The first-order chi connectivity index (χ1) is 7.91. The molecular weight excluding hydrogens is 252 g/mol. The number of amides is 3. The zero-order valence-corrected chi connectivity index (χ0v) is 9.02. The summed E-state index contributed by atoms with van der Waals surface area (Å²) in [4.78, 5) is 31.7. The van der Waals surface area contributed by atoms with E-state index in [0.717, 1.165) is 12.1 Å². The Morgan fingerprint density at radius 2 is 2.00 bits per heavy atom. The Bertz CT molecular complexity index is 490. The molecule has 3 amide bonds. The fraction of sp³-hybridized carbons (Fsp3) is 0. The minimum absolute atomic E-state index is 0.153. The van der Waals surface area contributed by atoms with Gasteiger partial charge in [0.25, 0.3) is 11.6 Å². The molecule has 0 aromatic heterocycles. The van der Waals surface area contributed by atoms with Crippen LogP contribution in [0.4, 0.5) is 10.5 Å². The van der Waals surface area contributed by atoms with Crippen molar-refractivity contribution >= 4 is 29.2 Å². The highest BCUT2D eigenvalue weighted by atomic mass is 35.5. The van der Waals surface area contributed by atoms with Gasteiger partial charge in [-0.1, -0.05) is 11.6 Å². The summed E-state index contributed by atoms with van der Waals surface area (Å²) in [6.07, 6.45) is 0. The molecule has 9 heteroatoms. The topological polar surface area (TPSA) is 127 Å². The number of nitro groups is 1. The Labute approximate surface area is 99.9 Å². The minimum atomic E-state index is -0.997. The summed E-state index contributed by atoms with van der Waals surface area (Å²) in [7, 11) is 0. The fourth-order valence-electron chi connectivity index (χ4n) is 1.04. The predicted octanol–water partition coefficient (Wildman–Crippen LogP) is 0.561. The molecular formula is C8H7ClN4O4. The van der Waals surface area contributed by atoms with Crippen molar-refractivity contribution in [2.75, 3.05) is 0 Å². The maximum absolute atomic E-state index is 11.5. The fourth-order valence-corrected chi connectivity index (χ4v) is 1.21. The lowest BCUT2D eigenvalue weighted by Gasteiger charge is -2.05. The lowest BCUT2D eigenvalue weighted by molar-refractivity contribution is -0.385. The normalized spacial score (nSPS) is 9.47. The second kappa shape index (κ2) is 5.12. The number of nitrogens with one attached hydrogen (secondary N) is 2. The van der Waals surface area contributed by atoms with Gasteiger partial charge >= 0.3 is 6.03 Å². The molecule has 0 bridgehead atoms. The summed E-state index contributed by atoms with van der Waals surface area (Å²) in [5, 5.41) is 10.8.